The molecule has 2 aliphatic heterocycles. The monoisotopic (exact) mass is 253 g/mol. The predicted octanol–water partition coefficient (Wildman–Crippen LogP) is 0.468. The highest BCUT2D eigenvalue weighted by molar-refractivity contribution is 7.89. The second-order valence-corrected chi connectivity index (χ2v) is 6.12. The summed E-state index contributed by atoms with van der Waals surface area (Å²) in [7, 11) is -3.38. The minimum atomic E-state index is -3.38. The van der Waals surface area contributed by atoms with Crippen LogP contribution in [0.1, 0.15) is 12.8 Å². The molecule has 5 nitrogen and oxygen atoms in total. The Morgan fingerprint density at radius 2 is 2.06 bits per heavy atom. The third-order valence-electron chi connectivity index (χ3n) is 3.27. The second-order valence-electron chi connectivity index (χ2n) is 4.44. The van der Waals surface area contributed by atoms with Gasteiger partial charge in [0.2, 0.25) is 10.0 Å². The first-order valence-electron chi connectivity index (χ1n) is 5.78. The van der Waals surface area contributed by atoms with Crippen LogP contribution in [0.15, 0.2) is 29.2 Å². The number of hydrogen-bond donors (Lipinski definition) is 3. The number of fused-ring (bicyclic) bond motifs is 1. The van der Waals surface area contributed by atoms with E-state index >= 15 is 0 Å². The summed E-state index contributed by atoms with van der Waals surface area (Å²) in [5.74, 6) is 0. The van der Waals surface area contributed by atoms with Gasteiger partial charge < -0.3 is 10.6 Å². The molecule has 3 N–H and O–H groups in total. The second kappa shape index (κ2) is 3.97. The zero-order valence-corrected chi connectivity index (χ0v) is 10.1. The van der Waals surface area contributed by atoms with Crippen molar-refractivity contribution in [3.63, 3.8) is 0 Å². The van der Waals surface area contributed by atoms with E-state index in [4.69, 9.17) is 0 Å². The third-order valence-corrected chi connectivity index (χ3v) is 4.77. The molecule has 1 aromatic carbocycles. The van der Waals surface area contributed by atoms with Gasteiger partial charge in [-0.25, -0.2) is 8.42 Å². The van der Waals surface area contributed by atoms with Gasteiger partial charge in [0.05, 0.1) is 5.69 Å². The Morgan fingerprint density at radius 1 is 1.24 bits per heavy atom. The molecule has 2 aliphatic rings. The van der Waals surface area contributed by atoms with Crippen molar-refractivity contribution < 1.29 is 8.42 Å². The minimum Gasteiger partial charge on any atom is -0.367 e. The Morgan fingerprint density at radius 3 is 2.82 bits per heavy atom. The molecule has 2 heterocycles. The van der Waals surface area contributed by atoms with Gasteiger partial charge in [-0.2, -0.15) is 4.72 Å². The van der Waals surface area contributed by atoms with Crippen LogP contribution in [0.5, 0.6) is 0 Å². The molecule has 0 amide bonds. The van der Waals surface area contributed by atoms with E-state index in [9.17, 15) is 8.42 Å². The quantitative estimate of drug-likeness (QED) is 0.680. The molecule has 3 rings (SSSR count). The van der Waals surface area contributed by atoms with E-state index in [-0.39, 0.29) is 12.2 Å². The van der Waals surface area contributed by atoms with E-state index < -0.39 is 10.0 Å². The Labute approximate surface area is 101 Å². The van der Waals surface area contributed by atoms with Crippen LogP contribution in [-0.4, -0.2) is 27.2 Å². The van der Waals surface area contributed by atoms with Crippen LogP contribution in [-0.2, 0) is 10.0 Å². The lowest BCUT2D eigenvalue weighted by Crippen LogP contribution is -2.54. The molecule has 0 aliphatic carbocycles. The van der Waals surface area contributed by atoms with Crippen molar-refractivity contribution in [2.24, 2.45) is 0 Å². The molecule has 17 heavy (non-hydrogen) atoms. The van der Waals surface area contributed by atoms with Gasteiger partial charge >= 0.3 is 0 Å². The Kier molecular flexibility index (Phi) is 2.57. The summed E-state index contributed by atoms with van der Waals surface area (Å²) in [5.41, 5.74) is 0.685. The summed E-state index contributed by atoms with van der Waals surface area (Å²) in [6.07, 6.45) is 1.83. The van der Waals surface area contributed by atoms with E-state index in [2.05, 4.69) is 15.4 Å². The molecular weight excluding hydrogens is 238 g/mol. The van der Waals surface area contributed by atoms with E-state index in [0.29, 0.717) is 10.6 Å². The maximum absolute atomic E-state index is 12.1. The van der Waals surface area contributed by atoms with Gasteiger partial charge in [0, 0.05) is 6.04 Å². The SMILES string of the molecule is O=S1(=O)N[C@H]([C@@H]2CCCN2)Nc2ccccc21. The summed E-state index contributed by atoms with van der Waals surface area (Å²) in [6, 6.07) is 7.15. The van der Waals surface area contributed by atoms with E-state index in [1.165, 1.54) is 0 Å². The van der Waals surface area contributed by atoms with Crippen LogP contribution < -0.4 is 15.4 Å². The van der Waals surface area contributed by atoms with Crippen molar-refractivity contribution in [3.05, 3.63) is 24.3 Å². The highest BCUT2D eigenvalue weighted by Crippen LogP contribution is 2.27. The summed E-state index contributed by atoms with van der Waals surface area (Å²) >= 11 is 0. The van der Waals surface area contributed by atoms with Gasteiger partial charge in [0.25, 0.3) is 0 Å². The van der Waals surface area contributed by atoms with Gasteiger partial charge in [-0.3, -0.25) is 0 Å². The molecular formula is C11H15N3O2S. The number of benzene rings is 1. The maximum atomic E-state index is 12.1. The highest BCUT2D eigenvalue weighted by atomic mass is 32.2. The third kappa shape index (κ3) is 1.92. The number of sulfonamides is 1. The van der Waals surface area contributed by atoms with Crippen molar-refractivity contribution in [3.8, 4) is 0 Å². The van der Waals surface area contributed by atoms with Crippen LogP contribution >= 0.6 is 0 Å². The van der Waals surface area contributed by atoms with Gasteiger partial charge in [-0.05, 0) is 31.5 Å². The molecule has 0 bridgehead atoms. The van der Waals surface area contributed by atoms with Crippen LogP contribution in [0.4, 0.5) is 5.69 Å². The summed E-state index contributed by atoms with van der Waals surface area (Å²) in [6.45, 7) is 0.951. The van der Waals surface area contributed by atoms with Crippen molar-refractivity contribution in [1.82, 2.24) is 10.0 Å². The van der Waals surface area contributed by atoms with Crippen LogP contribution in [0, 0.1) is 0 Å². The minimum absolute atomic E-state index is 0.165. The van der Waals surface area contributed by atoms with Crippen molar-refractivity contribution >= 4 is 15.7 Å². The number of para-hydroxylation sites is 1. The lowest BCUT2D eigenvalue weighted by Gasteiger charge is -2.31. The first-order valence-corrected chi connectivity index (χ1v) is 7.26. The van der Waals surface area contributed by atoms with E-state index in [0.717, 1.165) is 19.4 Å². The molecule has 0 spiro atoms. The molecule has 1 fully saturated rings. The van der Waals surface area contributed by atoms with Crippen molar-refractivity contribution in [1.29, 1.82) is 0 Å². The van der Waals surface area contributed by atoms with Gasteiger partial charge in [-0.15, -0.1) is 0 Å². The maximum Gasteiger partial charge on any atom is 0.244 e. The normalized spacial score (nSPS) is 30.6. The van der Waals surface area contributed by atoms with Crippen LogP contribution in [0.2, 0.25) is 0 Å². The molecule has 1 saturated heterocycles. The summed E-state index contributed by atoms with van der Waals surface area (Å²) in [4.78, 5) is 0.328. The molecule has 0 aromatic heterocycles. The Bertz CT molecular complexity index is 523. The average molecular weight is 253 g/mol. The molecule has 1 aromatic rings. The topological polar surface area (TPSA) is 70.2 Å². The average Bonchev–Trinajstić information content (AvgIpc) is 2.81. The van der Waals surface area contributed by atoms with E-state index in [1.54, 1.807) is 18.2 Å². The van der Waals surface area contributed by atoms with Gasteiger partial charge in [0.15, 0.2) is 0 Å². The predicted molar refractivity (Wildman–Crippen MR) is 65.2 cm³/mol. The fourth-order valence-electron chi connectivity index (χ4n) is 2.43. The molecule has 0 unspecified atom stereocenters. The lowest BCUT2D eigenvalue weighted by molar-refractivity contribution is 0.472. The number of hydrogen-bond acceptors (Lipinski definition) is 4. The number of anilines is 1. The fourth-order valence-corrected chi connectivity index (χ4v) is 3.79. The number of nitrogens with one attached hydrogen (secondary N) is 3. The molecule has 92 valence electrons. The number of rotatable bonds is 1. The smallest absolute Gasteiger partial charge is 0.244 e. The van der Waals surface area contributed by atoms with Crippen molar-refractivity contribution in [2.45, 2.75) is 29.9 Å². The Hall–Kier alpha value is -1.11. The lowest BCUT2D eigenvalue weighted by atomic mass is 10.1. The van der Waals surface area contributed by atoms with Gasteiger partial charge in [0.1, 0.15) is 11.1 Å². The highest BCUT2D eigenvalue weighted by Gasteiger charge is 2.34. The Balaban J connectivity index is 1.96. The van der Waals surface area contributed by atoms with Crippen LogP contribution in [0.3, 0.4) is 0 Å². The molecule has 6 heteroatoms. The first-order chi connectivity index (χ1) is 8.17. The zero-order chi connectivity index (χ0) is 11.9. The fraction of sp³-hybridized carbons (Fsp3) is 0.455. The summed E-state index contributed by atoms with van der Waals surface area (Å²) < 4.78 is 26.8. The molecule has 0 radical (unpaired) electrons. The molecule has 0 saturated carbocycles. The zero-order valence-electron chi connectivity index (χ0n) is 9.31. The largest absolute Gasteiger partial charge is 0.367 e. The standard InChI is InChI=1S/C11H15N3O2S/c15-17(16)10-6-2-1-4-8(10)13-11(14-17)9-5-3-7-12-9/h1-2,4,6,9,11-14H,3,5,7H2/t9-,11+/m0/s1. The van der Waals surface area contributed by atoms with Crippen molar-refractivity contribution in [2.75, 3.05) is 11.9 Å². The van der Waals surface area contributed by atoms with Crippen LogP contribution in [0.25, 0.3) is 0 Å². The van der Waals surface area contributed by atoms with Gasteiger partial charge in [-0.1, -0.05) is 12.1 Å². The summed E-state index contributed by atoms with van der Waals surface area (Å²) in [5, 5.41) is 6.55. The first kappa shape index (κ1) is 11.0. The molecule has 2 atom stereocenters. The van der Waals surface area contributed by atoms with E-state index in [1.807, 2.05) is 6.07 Å².